The van der Waals surface area contributed by atoms with E-state index >= 15 is 0 Å². The van der Waals surface area contributed by atoms with Gasteiger partial charge in [0.05, 0.1) is 0 Å². The number of hydrogen-bond acceptors (Lipinski definition) is 1. The molecule has 3 rings (SSSR count). The van der Waals surface area contributed by atoms with E-state index in [0.29, 0.717) is 0 Å². The van der Waals surface area contributed by atoms with E-state index in [9.17, 15) is 4.79 Å². The molecule has 0 amide bonds. The number of hydrogen-bond donors (Lipinski definition) is 0. The van der Waals surface area contributed by atoms with Crippen LogP contribution < -0.4 is 0 Å². The lowest BCUT2D eigenvalue weighted by molar-refractivity contribution is 0.101. The van der Waals surface area contributed by atoms with E-state index < -0.39 is 0 Å². The first kappa shape index (κ1) is 9.64. The highest BCUT2D eigenvalue weighted by atomic mass is 16.1. The first-order chi connectivity index (χ1) is 7.75. The van der Waals surface area contributed by atoms with Gasteiger partial charge in [-0.3, -0.25) is 4.79 Å². The van der Waals surface area contributed by atoms with Gasteiger partial charge in [0.1, 0.15) is 0 Å². The second-order valence-electron chi connectivity index (χ2n) is 4.71. The van der Waals surface area contributed by atoms with Gasteiger partial charge in [-0.25, -0.2) is 0 Å². The highest BCUT2D eigenvalue weighted by molar-refractivity contribution is 6.06. The minimum atomic E-state index is 0.148. The zero-order valence-corrected chi connectivity index (χ0v) is 9.44. The summed E-state index contributed by atoms with van der Waals surface area (Å²) < 4.78 is 2.28. The van der Waals surface area contributed by atoms with Gasteiger partial charge in [0.15, 0.2) is 5.78 Å². The third-order valence-corrected chi connectivity index (χ3v) is 3.34. The number of benzene rings is 1. The second kappa shape index (κ2) is 3.48. The van der Waals surface area contributed by atoms with Crippen LogP contribution >= 0.6 is 0 Å². The molecule has 2 nitrogen and oxygen atoms in total. The Hall–Kier alpha value is -1.57. The number of Topliss-reactive ketones (excluding diaryl/α,β-unsaturated/α-hetero) is 1. The number of ketones is 1. The Balaban J connectivity index is 2.11. The zero-order valence-electron chi connectivity index (χ0n) is 9.44. The molecule has 1 aliphatic rings. The molecule has 0 aliphatic heterocycles. The van der Waals surface area contributed by atoms with Crippen LogP contribution in [0.5, 0.6) is 0 Å². The predicted molar refractivity (Wildman–Crippen MR) is 64.7 cm³/mol. The Kier molecular flexibility index (Phi) is 2.10. The zero-order chi connectivity index (χ0) is 11.1. The summed E-state index contributed by atoms with van der Waals surface area (Å²) >= 11 is 0. The normalized spacial score (nSPS) is 15.6. The van der Waals surface area contributed by atoms with Gasteiger partial charge in [0.2, 0.25) is 0 Å². The number of carbonyl (C=O) groups is 1. The molecule has 0 saturated heterocycles. The summed E-state index contributed by atoms with van der Waals surface area (Å²) in [6, 6.07) is 8.05. The minimum Gasteiger partial charge on any atom is -0.347 e. The Morgan fingerprint density at radius 2 is 2.19 bits per heavy atom. The summed E-state index contributed by atoms with van der Waals surface area (Å²) in [4.78, 5) is 11.5. The molecule has 1 aromatic carbocycles. The molecule has 0 N–H and O–H groups in total. The predicted octanol–water partition coefficient (Wildman–Crippen LogP) is 3.25. The van der Waals surface area contributed by atoms with Crippen molar-refractivity contribution in [1.82, 2.24) is 4.57 Å². The topological polar surface area (TPSA) is 22.0 Å². The molecule has 0 bridgehead atoms. The molecule has 0 spiro atoms. The van der Waals surface area contributed by atoms with Crippen LogP contribution in [-0.4, -0.2) is 10.4 Å². The Morgan fingerprint density at radius 3 is 2.88 bits per heavy atom. The van der Waals surface area contributed by atoms with Gasteiger partial charge in [-0.05, 0) is 37.8 Å². The van der Waals surface area contributed by atoms with Crippen LogP contribution in [0.15, 0.2) is 30.5 Å². The number of fused-ring (bicyclic) bond motifs is 1. The molecule has 2 heteroatoms. The number of carbonyl (C=O) groups excluding carboxylic acids is 1. The largest absolute Gasteiger partial charge is 0.347 e. The standard InChI is InChI=1S/C14H15NO/c1-10(16)12-3-2-4-14-13(12)7-8-15(14)9-11-5-6-11/h2-4,7-8,11H,5-6,9H2,1H3. The van der Waals surface area contributed by atoms with Crippen LogP contribution in [0.3, 0.4) is 0 Å². The summed E-state index contributed by atoms with van der Waals surface area (Å²) in [5.74, 6) is 1.01. The van der Waals surface area contributed by atoms with Crippen LogP contribution in [-0.2, 0) is 6.54 Å². The van der Waals surface area contributed by atoms with Crippen molar-refractivity contribution in [3.05, 3.63) is 36.0 Å². The number of rotatable bonds is 3. The van der Waals surface area contributed by atoms with Gasteiger partial charge in [-0.1, -0.05) is 12.1 Å². The van der Waals surface area contributed by atoms with Crippen LogP contribution in [0.1, 0.15) is 30.1 Å². The van der Waals surface area contributed by atoms with Crippen molar-refractivity contribution >= 4 is 16.7 Å². The van der Waals surface area contributed by atoms with Crippen molar-refractivity contribution in [3.63, 3.8) is 0 Å². The Labute approximate surface area is 94.9 Å². The minimum absolute atomic E-state index is 0.148. The highest BCUT2D eigenvalue weighted by Gasteiger charge is 2.22. The van der Waals surface area contributed by atoms with E-state index in [1.165, 1.54) is 18.4 Å². The molecule has 1 fully saturated rings. The van der Waals surface area contributed by atoms with E-state index in [1.54, 1.807) is 6.92 Å². The molecular formula is C14H15NO. The lowest BCUT2D eigenvalue weighted by Crippen LogP contribution is -1.98. The van der Waals surface area contributed by atoms with Crippen molar-refractivity contribution in [1.29, 1.82) is 0 Å². The van der Waals surface area contributed by atoms with E-state index in [4.69, 9.17) is 0 Å². The Morgan fingerprint density at radius 1 is 1.38 bits per heavy atom. The maximum atomic E-state index is 11.5. The molecule has 1 saturated carbocycles. The monoisotopic (exact) mass is 213 g/mol. The summed E-state index contributed by atoms with van der Waals surface area (Å²) in [6.07, 6.45) is 4.81. The molecule has 1 heterocycles. The van der Waals surface area contributed by atoms with Gasteiger partial charge in [-0.2, -0.15) is 0 Å². The lowest BCUT2D eigenvalue weighted by atomic mass is 10.1. The number of nitrogens with zero attached hydrogens (tertiary/aromatic N) is 1. The van der Waals surface area contributed by atoms with Crippen LogP contribution in [0.2, 0.25) is 0 Å². The van der Waals surface area contributed by atoms with Gasteiger partial charge in [-0.15, -0.1) is 0 Å². The van der Waals surface area contributed by atoms with Crippen molar-refractivity contribution in [2.75, 3.05) is 0 Å². The van der Waals surface area contributed by atoms with Crippen LogP contribution in [0, 0.1) is 5.92 Å². The SMILES string of the molecule is CC(=O)c1cccc2c1ccn2CC1CC1. The average molecular weight is 213 g/mol. The van der Waals surface area contributed by atoms with Crippen molar-refractivity contribution in [2.45, 2.75) is 26.3 Å². The molecule has 0 radical (unpaired) electrons. The molecule has 16 heavy (non-hydrogen) atoms. The van der Waals surface area contributed by atoms with Gasteiger partial charge in [0.25, 0.3) is 0 Å². The maximum absolute atomic E-state index is 11.5. The van der Waals surface area contributed by atoms with Crippen molar-refractivity contribution in [3.8, 4) is 0 Å². The molecule has 1 aliphatic carbocycles. The van der Waals surface area contributed by atoms with Crippen molar-refractivity contribution < 1.29 is 4.79 Å². The summed E-state index contributed by atoms with van der Waals surface area (Å²) in [7, 11) is 0. The third-order valence-electron chi connectivity index (χ3n) is 3.34. The molecule has 0 unspecified atom stereocenters. The first-order valence-corrected chi connectivity index (χ1v) is 5.84. The second-order valence-corrected chi connectivity index (χ2v) is 4.71. The van der Waals surface area contributed by atoms with Crippen LogP contribution in [0.25, 0.3) is 10.9 Å². The molecule has 2 aromatic rings. The van der Waals surface area contributed by atoms with E-state index in [2.05, 4.69) is 22.9 Å². The molecule has 1 aromatic heterocycles. The third kappa shape index (κ3) is 1.54. The van der Waals surface area contributed by atoms with Crippen molar-refractivity contribution in [2.24, 2.45) is 5.92 Å². The first-order valence-electron chi connectivity index (χ1n) is 5.84. The molecule has 0 atom stereocenters. The maximum Gasteiger partial charge on any atom is 0.160 e. The van der Waals surface area contributed by atoms with E-state index in [0.717, 1.165) is 23.4 Å². The fourth-order valence-electron chi connectivity index (χ4n) is 2.27. The quantitative estimate of drug-likeness (QED) is 0.717. The smallest absolute Gasteiger partial charge is 0.160 e. The average Bonchev–Trinajstić information content (AvgIpc) is 2.98. The fourth-order valence-corrected chi connectivity index (χ4v) is 2.27. The van der Waals surface area contributed by atoms with Gasteiger partial charge < -0.3 is 4.57 Å². The summed E-state index contributed by atoms with van der Waals surface area (Å²) in [5, 5.41) is 1.09. The van der Waals surface area contributed by atoms with Gasteiger partial charge in [0, 0.05) is 29.2 Å². The number of aromatic nitrogens is 1. The Bertz CT molecular complexity index is 549. The lowest BCUT2D eigenvalue weighted by Gasteiger charge is -2.04. The van der Waals surface area contributed by atoms with Crippen LogP contribution in [0.4, 0.5) is 0 Å². The molecular weight excluding hydrogens is 198 g/mol. The fraction of sp³-hybridized carbons (Fsp3) is 0.357. The molecule has 82 valence electrons. The van der Waals surface area contributed by atoms with E-state index in [-0.39, 0.29) is 5.78 Å². The summed E-state index contributed by atoms with van der Waals surface area (Å²) in [5.41, 5.74) is 2.03. The van der Waals surface area contributed by atoms with E-state index in [1.807, 2.05) is 12.1 Å². The van der Waals surface area contributed by atoms with Gasteiger partial charge >= 0.3 is 0 Å². The highest BCUT2D eigenvalue weighted by Crippen LogP contribution is 2.32. The summed E-state index contributed by atoms with van der Waals surface area (Å²) in [6.45, 7) is 2.73.